The van der Waals surface area contributed by atoms with Crippen LogP contribution in [0, 0.1) is 5.92 Å². The van der Waals surface area contributed by atoms with E-state index in [-0.39, 0.29) is 11.9 Å². The second-order valence-corrected chi connectivity index (χ2v) is 6.47. The molecule has 2 atom stereocenters. The fraction of sp³-hybridized carbons (Fsp3) is 0.444. The van der Waals surface area contributed by atoms with Crippen LogP contribution in [0.25, 0.3) is 11.3 Å². The summed E-state index contributed by atoms with van der Waals surface area (Å²) in [5.41, 5.74) is 1.95. The van der Waals surface area contributed by atoms with Crippen LogP contribution in [-0.4, -0.2) is 17.1 Å². The normalized spacial score (nSPS) is 22.7. The molecule has 2 aromatic rings. The molecule has 1 fully saturated rings. The average molecular weight is 312 g/mol. The third-order valence-corrected chi connectivity index (χ3v) is 4.93. The first-order chi connectivity index (χ1) is 11.2. The molecule has 5 nitrogen and oxygen atoms in total. The summed E-state index contributed by atoms with van der Waals surface area (Å²) in [5, 5.41) is 7.15. The summed E-state index contributed by atoms with van der Waals surface area (Å²) in [6, 6.07) is 7.87. The summed E-state index contributed by atoms with van der Waals surface area (Å²) in [6.07, 6.45) is 4.62. The third kappa shape index (κ3) is 2.50. The van der Waals surface area contributed by atoms with Crippen LogP contribution in [-0.2, 0) is 6.61 Å². The number of amides is 1. The van der Waals surface area contributed by atoms with E-state index in [1.54, 1.807) is 0 Å². The molecule has 1 N–H and O–H groups in total. The maximum Gasteiger partial charge on any atom is 0.274 e. The molecule has 1 saturated carbocycles. The summed E-state index contributed by atoms with van der Waals surface area (Å²) in [7, 11) is 0. The van der Waals surface area contributed by atoms with Gasteiger partial charge in [-0.25, -0.2) is 0 Å². The summed E-state index contributed by atoms with van der Waals surface area (Å²) < 4.78 is 11.2. The van der Waals surface area contributed by atoms with E-state index in [4.69, 9.17) is 9.26 Å². The van der Waals surface area contributed by atoms with Gasteiger partial charge in [0.1, 0.15) is 12.4 Å². The minimum absolute atomic E-state index is 0.156. The summed E-state index contributed by atoms with van der Waals surface area (Å²) >= 11 is 0. The van der Waals surface area contributed by atoms with Gasteiger partial charge in [-0.3, -0.25) is 4.79 Å². The minimum atomic E-state index is -0.156. The number of aromatic nitrogens is 1. The molecule has 1 aromatic heterocycles. The van der Waals surface area contributed by atoms with Crippen LogP contribution in [0.5, 0.6) is 5.75 Å². The molecule has 1 aromatic carbocycles. The van der Waals surface area contributed by atoms with Crippen molar-refractivity contribution in [2.24, 2.45) is 5.92 Å². The largest absolute Gasteiger partial charge is 0.488 e. The minimum Gasteiger partial charge on any atom is -0.488 e. The van der Waals surface area contributed by atoms with Crippen molar-refractivity contribution in [3.63, 3.8) is 0 Å². The van der Waals surface area contributed by atoms with Crippen LogP contribution in [0.15, 0.2) is 28.8 Å². The fourth-order valence-electron chi connectivity index (χ4n) is 3.53. The van der Waals surface area contributed by atoms with Crippen molar-refractivity contribution in [3.05, 3.63) is 35.5 Å². The molecule has 0 spiro atoms. The predicted molar refractivity (Wildman–Crippen MR) is 85.2 cm³/mol. The third-order valence-electron chi connectivity index (χ3n) is 4.93. The quantitative estimate of drug-likeness (QED) is 0.921. The van der Waals surface area contributed by atoms with E-state index >= 15 is 0 Å². The maximum atomic E-state index is 12.6. The number of ether oxygens (including phenoxy) is 1. The van der Waals surface area contributed by atoms with Crippen LogP contribution in [0.3, 0.4) is 0 Å². The average Bonchev–Trinajstić information content (AvgIpc) is 3.01. The van der Waals surface area contributed by atoms with Crippen LogP contribution in [0.1, 0.15) is 48.7 Å². The van der Waals surface area contributed by atoms with Crippen molar-refractivity contribution in [1.29, 1.82) is 0 Å². The molecule has 4 rings (SSSR count). The van der Waals surface area contributed by atoms with Gasteiger partial charge in [0, 0.05) is 6.04 Å². The summed E-state index contributed by atoms with van der Waals surface area (Å²) in [5.74, 6) is 1.77. The molecule has 2 heterocycles. The number of fused-ring (bicyclic) bond motifs is 3. The molecule has 2 aliphatic rings. The van der Waals surface area contributed by atoms with E-state index in [1.165, 1.54) is 19.3 Å². The van der Waals surface area contributed by atoms with Crippen LogP contribution >= 0.6 is 0 Å². The highest BCUT2D eigenvalue weighted by Crippen LogP contribution is 2.38. The first-order valence-electron chi connectivity index (χ1n) is 8.25. The molecule has 1 aliphatic heterocycles. The van der Waals surface area contributed by atoms with Crippen LogP contribution < -0.4 is 10.1 Å². The van der Waals surface area contributed by atoms with Crippen molar-refractivity contribution in [1.82, 2.24) is 10.5 Å². The van der Waals surface area contributed by atoms with E-state index in [2.05, 4.69) is 17.4 Å². The van der Waals surface area contributed by atoms with Gasteiger partial charge < -0.3 is 14.6 Å². The lowest BCUT2D eigenvalue weighted by Gasteiger charge is -2.29. The number of nitrogens with one attached hydrogen (secondary N) is 1. The zero-order valence-electron chi connectivity index (χ0n) is 13.2. The summed E-state index contributed by atoms with van der Waals surface area (Å²) in [6.45, 7) is 2.51. The van der Waals surface area contributed by atoms with Gasteiger partial charge >= 0.3 is 0 Å². The topological polar surface area (TPSA) is 64.4 Å². The highest BCUT2D eigenvalue weighted by atomic mass is 16.5. The molecule has 5 heteroatoms. The number of hydrogen-bond donors (Lipinski definition) is 1. The lowest BCUT2D eigenvalue weighted by molar-refractivity contribution is 0.0899. The molecule has 0 bridgehead atoms. The van der Waals surface area contributed by atoms with Gasteiger partial charge in [0.25, 0.3) is 5.91 Å². The number of para-hydroxylation sites is 1. The van der Waals surface area contributed by atoms with E-state index in [9.17, 15) is 4.79 Å². The highest BCUT2D eigenvalue weighted by molar-refractivity contribution is 5.95. The Morgan fingerprint density at radius 1 is 1.26 bits per heavy atom. The van der Waals surface area contributed by atoms with Crippen molar-refractivity contribution in [2.45, 2.75) is 45.3 Å². The molecule has 1 aliphatic carbocycles. The monoisotopic (exact) mass is 312 g/mol. The number of benzene rings is 1. The number of carbonyl (C=O) groups excluding carboxylic acids is 1. The van der Waals surface area contributed by atoms with Gasteiger partial charge in [-0.2, -0.15) is 0 Å². The Balaban J connectivity index is 1.59. The Hall–Kier alpha value is -2.30. The van der Waals surface area contributed by atoms with E-state index in [1.807, 2.05) is 24.3 Å². The van der Waals surface area contributed by atoms with E-state index in [0.29, 0.717) is 24.0 Å². The Kier molecular flexibility index (Phi) is 3.56. The SMILES string of the molecule is C[C@H]1CCCC[C@H]1NC(=O)c1noc2c1COc1ccccc1-2. The highest BCUT2D eigenvalue weighted by Gasteiger charge is 2.30. The lowest BCUT2D eigenvalue weighted by atomic mass is 9.86. The van der Waals surface area contributed by atoms with Gasteiger partial charge in [-0.15, -0.1) is 0 Å². The van der Waals surface area contributed by atoms with Gasteiger partial charge in [-0.1, -0.05) is 37.1 Å². The number of carbonyl (C=O) groups is 1. The van der Waals surface area contributed by atoms with Crippen molar-refractivity contribution in [3.8, 4) is 17.1 Å². The molecule has 0 saturated heterocycles. The van der Waals surface area contributed by atoms with Crippen molar-refractivity contribution < 1.29 is 14.1 Å². The number of nitrogens with zero attached hydrogens (tertiary/aromatic N) is 1. The zero-order valence-corrected chi connectivity index (χ0v) is 13.2. The van der Waals surface area contributed by atoms with Crippen LogP contribution in [0.2, 0.25) is 0 Å². The maximum absolute atomic E-state index is 12.6. The molecule has 1 amide bonds. The smallest absolute Gasteiger partial charge is 0.274 e. The number of rotatable bonds is 2. The van der Waals surface area contributed by atoms with Crippen molar-refractivity contribution >= 4 is 5.91 Å². The second-order valence-electron chi connectivity index (χ2n) is 6.47. The van der Waals surface area contributed by atoms with Crippen molar-refractivity contribution in [2.75, 3.05) is 0 Å². The van der Waals surface area contributed by atoms with Gasteiger partial charge in [0.05, 0.1) is 11.1 Å². The lowest BCUT2D eigenvalue weighted by Crippen LogP contribution is -2.41. The van der Waals surface area contributed by atoms with Gasteiger partial charge in [-0.05, 0) is 30.9 Å². The zero-order chi connectivity index (χ0) is 15.8. The predicted octanol–water partition coefficient (Wildman–Crippen LogP) is 3.54. The Bertz CT molecular complexity index is 738. The van der Waals surface area contributed by atoms with Gasteiger partial charge in [0.15, 0.2) is 11.5 Å². The molecule has 0 radical (unpaired) electrons. The Morgan fingerprint density at radius 2 is 2.09 bits per heavy atom. The van der Waals surface area contributed by atoms with Gasteiger partial charge in [0.2, 0.25) is 0 Å². The Morgan fingerprint density at radius 3 is 2.96 bits per heavy atom. The molecular formula is C18H20N2O3. The second kappa shape index (κ2) is 5.72. The molecule has 23 heavy (non-hydrogen) atoms. The Labute approximate surface area is 135 Å². The molecule has 0 unspecified atom stereocenters. The molecule has 120 valence electrons. The van der Waals surface area contributed by atoms with E-state index in [0.717, 1.165) is 23.3 Å². The van der Waals surface area contributed by atoms with E-state index < -0.39 is 0 Å². The summed E-state index contributed by atoms with van der Waals surface area (Å²) in [4.78, 5) is 12.6. The fourth-order valence-corrected chi connectivity index (χ4v) is 3.53. The standard InChI is InChI=1S/C18H20N2O3/c1-11-6-2-4-8-14(11)19-18(21)16-13-10-22-15-9-5-3-7-12(15)17(13)23-20-16/h3,5,7,9,11,14H,2,4,6,8,10H2,1H3,(H,19,21)/t11-,14+/m0/s1. The first kappa shape index (κ1) is 14.3. The first-order valence-corrected chi connectivity index (χ1v) is 8.25. The molecular weight excluding hydrogens is 292 g/mol. The van der Waals surface area contributed by atoms with Crippen LogP contribution in [0.4, 0.5) is 0 Å². The number of hydrogen-bond acceptors (Lipinski definition) is 4.